The first-order chi connectivity index (χ1) is 9.69. The summed E-state index contributed by atoms with van der Waals surface area (Å²) in [6, 6.07) is 14.7. The molecule has 20 heavy (non-hydrogen) atoms. The SMILES string of the molecule is CCOc1ccccc1NC(=O)Nc1cccc(C)c1. The fraction of sp³-hybridized carbons (Fsp3) is 0.188. The van der Waals surface area contributed by atoms with Crippen molar-refractivity contribution in [3.8, 4) is 5.75 Å². The standard InChI is InChI=1S/C16H18N2O2/c1-3-20-15-10-5-4-9-14(15)18-16(19)17-13-8-6-7-12(2)11-13/h4-11H,3H2,1-2H3,(H2,17,18,19). The lowest BCUT2D eigenvalue weighted by atomic mass is 10.2. The van der Waals surface area contributed by atoms with Crippen LogP contribution in [0.2, 0.25) is 0 Å². The van der Waals surface area contributed by atoms with Gasteiger partial charge in [0, 0.05) is 5.69 Å². The van der Waals surface area contributed by atoms with Gasteiger partial charge in [-0.15, -0.1) is 0 Å². The van der Waals surface area contributed by atoms with Crippen LogP contribution < -0.4 is 15.4 Å². The Morgan fingerprint density at radius 3 is 2.65 bits per heavy atom. The molecule has 0 atom stereocenters. The number of aryl methyl sites for hydroxylation is 1. The topological polar surface area (TPSA) is 50.4 Å². The highest BCUT2D eigenvalue weighted by Crippen LogP contribution is 2.23. The van der Waals surface area contributed by atoms with E-state index in [2.05, 4.69) is 10.6 Å². The van der Waals surface area contributed by atoms with Crippen molar-refractivity contribution < 1.29 is 9.53 Å². The summed E-state index contributed by atoms with van der Waals surface area (Å²) in [5.41, 5.74) is 2.51. The molecular formula is C16H18N2O2. The summed E-state index contributed by atoms with van der Waals surface area (Å²) in [5, 5.41) is 5.58. The zero-order valence-electron chi connectivity index (χ0n) is 11.6. The minimum absolute atomic E-state index is 0.289. The molecular weight excluding hydrogens is 252 g/mol. The van der Waals surface area contributed by atoms with Gasteiger partial charge in [0.15, 0.2) is 0 Å². The minimum Gasteiger partial charge on any atom is -0.492 e. The van der Waals surface area contributed by atoms with E-state index in [0.29, 0.717) is 18.0 Å². The summed E-state index contributed by atoms with van der Waals surface area (Å²) in [6.45, 7) is 4.44. The van der Waals surface area contributed by atoms with Gasteiger partial charge in [0.1, 0.15) is 5.75 Å². The van der Waals surface area contributed by atoms with Crippen LogP contribution in [0.4, 0.5) is 16.2 Å². The van der Waals surface area contributed by atoms with Crippen LogP contribution in [0.15, 0.2) is 48.5 Å². The Kier molecular flexibility index (Phi) is 4.60. The van der Waals surface area contributed by atoms with Crippen molar-refractivity contribution in [2.45, 2.75) is 13.8 Å². The number of anilines is 2. The Hall–Kier alpha value is -2.49. The molecule has 0 unspecified atom stereocenters. The second kappa shape index (κ2) is 6.61. The van der Waals surface area contributed by atoms with Crippen LogP contribution >= 0.6 is 0 Å². The van der Waals surface area contributed by atoms with Crippen LogP contribution in [0.5, 0.6) is 5.75 Å². The summed E-state index contributed by atoms with van der Waals surface area (Å²) in [5.74, 6) is 0.661. The van der Waals surface area contributed by atoms with Gasteiger partial charge in [-0.25, -0.2) is 4.79 Å². The maximum absolute atomic E-state index is 12.0. The van der Waals surface area contributed by atoms with E-state index in [-0.39, 0.29) is 6.03 Å². The van der Waals surface area contributed by atoms with E-state index in [0.717, 1.165) is 11.3 Å². The lowest BCUT2D eigenvalue weighted by Gasteiger charge is -2.12. The average molecular weight is 270 g/mol. The number of amides is 2. The molecule has 2 aromatic carbocycles. The molecule has 0 bridgehead atoms. The van der Waals surface area contributed by atoms with E-state index < -0.39 is 0 Å². The number of hydrogen-bond donors (Lipinski definition) is 2. The number of carbonyl (C=O) groups is 1. The van der Waals surface area contributed by atoms with Gasteiger partial charge in [-0.05, 0) is 43.7 Å². The number of ether oxygens (including phenoxy) is 1. The highest BCUT2D eigenvalue weighted by atomic mass is 16.5. The highest BCUT2D eigenvalue weighted by Gasteiger charge is 2.07. The lowest BCUT2D eigenvalue weighted by Crippen LogP contribution is -2.19. The normalized spacial score (nSPS) is 9.90. The van der Waals surface area contributed by atoms with E-state index in [4.69, 9.17) is 4.74 Å². The summed E-state index contributed by atoms with van der Waals surface area (Å²) in [6.07, 6.45) is 0. The Labute approximate surface area is 118 Å². The Balaban J connectivity index is 2.05. The fourth-order valence-corrected chi connectivity index (χ4v) is 1.86. The second-order valence-electron chi connectivity index (χ2n) is 4.38. The van der Waals surface area contributed by atoms with Crippen LogP contribution in [0.3, 0.4) is 0 Å². The van der Waals surface area contributed by atoms with Crippen LogP contribution in [-0.2, 0) is 0 Å². The zero-order chi connectivity index (χ0) is 14.4. The van der Waals surface area contributed by atoms with E-state index >= 15 is 0 Å². The predicted octanol–water partition coefficient (Wildman–Crippen LogP) is 4.04. The van der Waals surface area contributed by atoms with Gasteiger partial charge in [0.25, 0.3) is 0 Å². The molecule has 2 aromatic rings. The molecule has 0 aromatic heterocycles. The van der Waals surface area contributed by atoms with Gasteiger partial charge in [0.2, 0.25) is 0 Å². The highest BCUT2D eigenvalue weighted by molar-refractivity contribution is 6.00. The molecule has 0 aliphatic rings. The number of carbonyl (C=O) groups excluding carboxylic acids is 1. The van der Waals surface area contributed by atoms with Crippen molar-refractivity contribution in [2.24, 2.45) is 0 Å². The van der Waals surface area contributed by atoms with Crippen molar-refractivity contribution in [3.63, 3.8) is 0 Å². The monoisotopic (exact) mass is 270 g/mol. The molecule has 0 aliphatic heterocycles. The second-order valence-corrected chi connectivity index (χ2v) is 4.38. The van der Waals surface area contributed by atoms with Crippen molar-refractivity contribution in [2.75, 3.05) is 17.2 Å². The van der Waals surface area contributed by atoms with Crippen molar-refractivity contribution in [1.29, 1.82) is 0 Å². The Morgan fingerprint density at radius 1 is 1.10 bits per heavy atom. The first-order valence-electron chi connectivity index (χ1n) is 6.55. The molecule has 0 saturated carbocycles. The Morgan fingerprint density at radius 2 is 1.90 bits per heavy atom. The quantitative estimate of drug-likeness (QED) is 0.881. The number of para-hydroxylation sites is 2. The fourth-order valence-electron chi connectivity index (χ4n) is 1.86. The van der Waals surface area contributed by atoms with E-state index in [9.17, 15) is 4.79 Å². The molecule has 104 valence electrons. The summed E-state index contributed by atoms with van der Waals surface area (Å²) in [4.78, 5) is 12.0. The number of benzene rings is 2. The summed E-state index contributed by atoms with van der Waals surface area (Å²) >= 11 is 0. The van der Waals surface area contributed by atoms with Gasteiger partial charge >= 0.3 is 6.03 Å². The number of hydrogen-bond acceptors (Lipinski definition) is 2. The van der Waals surface area contributed by atoms with Crippen molar-refractivity contribution in [1.82, 2.24) is 0 Å². The van der Waals surface area contributed by atoms with Crippen LogP contribution in [-0.4, -0.2) is 12.6 Å². The number of rotatable bonds is 4. The van der Waals surface area contributed by atoms with E-state index in [1.54, 1.807) is 6.07 Å². The molecule has 0 spiro atoms. The molecule has 0 aliphatic carbocycles. The lowest BCUT2D eigenvalue weighted by molar-refractivity contribution is 0.262. The van der Waals surface area contributed by atoms with E-state index in [1.165, 1.54) is 0 Å². The molecule has 2 amide bonds. The average Bonchev–Trinajstić information content (AvgIpc) is 2.41. The maximum Gasteiger partial charge on any atom is 0.323 e. The first-order valence-corrected chi connectivity index (χ1v) is 6.55. The summed E-state index contributed by atoms with van der Waals surface area (Å²) in [7, 11) is 0. The van der Waals surface area contributed by atoms with Crippen LogP contribution in [0, 0.1) is 6.92 Å². The molecule has 2 rings (SSSR count). The van der Waals surface area contributed by atoms with Gasteiger partial charge < -0.3 is 15.4 Å². The number of nitrogens with one attached hydrogen (secondary N) is 2. The van der Waals surface area contributed by atoms with Gasteiger partial charge in [-0.3, -0.25) is 0 Å². The molecule has 0 fully saturated rings. The largest absolute Gasteiger partial charge is 0.492 e. The molecule has 2 N–H and O–H groups in total. The molecule has 4 heteroatoms. The van der Waals surface area contributed by atoms with Crippen molar-refractivity contribution >= 4 is 17.4 Å². The van der Waals surface area contributed by atoms with Crippen LogP contribution in [0.1, 0.15) is 12.5 Å². The molecule has 0 heterocycles. The van der Waals surface area contributed by atoms with Gasteiger partial charge in [0.05, 0.1) is 12.3 Å². The first kappa shape index (κ1) is 13.9. The third kappa shape index (κ3) is 3.75. The smallest absolute Gasteiger partial charge is 0.323 e. The van der Waals surface area contributed by atoms with Gasteiger partial charge in [-0.1, -0.05) is 24.3 Å². The van der Waals surface area contributed by atoms with Crippen molar-refractivity contribution in [3.05, 3.63) is 54.1 Å². The maximum atomic E-state index is 12.0. The predicted molar refractivity (Wildman–Crippen MR) is 81.4 cm³/mol. The van der Waals surface area contributed by atoms with Gasteiger partial charge in [-0.2, -0.15) is 0 Å². The minimum atomic E-state index is -0.289. The molecule has 0 saturated heterocycles. The molecule has 0 radical (unpaired) electrons. The zero-order valence-corrected chi connectivity index (χ0v) is 11.6. The third-order valence-corrected chi connectivity index (χ3v) is 2.71. The third-order valence-electron chi connectivity index (χ3n) is 2.71. The molecule has 4 nitrogen and oxygen atoms in total. The number of urea groups is 1. The Bertz CT molecular complexity index is 597. The summed E-state index contributed by atoms with van der Waals surface area (Å²) < 4.78 is 5.46. The van der Waals surface area contributed by atoms with Crippen LogP contribution in [0.25, 0.3) is 0 Å². The van der Waals surface area contributed by atoms with E-state index in [1.807, 2.05) is 56.3 Å².